The van der Waals surface area contributed by atoms with Crippen LogP contribution >= 0.6 is 15.9 Å². The normalized spacial score (nSPS) is 19.5. The number of pyridine rings is 1. The molecule has 3 aliphatic rings. The van der Waals surface area contributed by atoms with Crippen molar-refractivity contribution in [3.05, 3.63) is 93.1 Å². The zero-order valence-corrected chi connectivity index (χ0v) is 43.4. The molecule has 0 aliphatic carbocycles. The second kappa shape index (κ2) is 23.8. The van der Waals surface area contributed by atoms with Crippen LogP contribution in [0.4, 0.5) is 19.4 Å². The Morgan fingerprint density at radius 3 is 2.08 bits per heavy atom. The number of anilines is 1. The second-order valence-corrected chi connectivity index (χ2v) is 21.8. The lowest BCUT2D eigenvalue weighted by Gasteiger charge is -2.42. The quantitative estimate of drug-likeness (QED) is 0.0726. The highest BCUT2D eigenvalue weighted by molar-refractivity contribution is 9.10. The summed E-state index contributed by atoms with van der Waals surface area (Å²) in [5, 5.41) is 16.0. The summed E-state index contributed by atoms with van der Waals surface area (Å²) in [6.45, 7) is 11.8. The molecule has 7 atom stereocenters. The Balaban J connectivity index is 1.20. The van der Waals surface area contributed by atoms with E-state index in [0.717, 1.165) is 49.2 Å². The number of Topliss-reactive ketones (excluding diaryl/α,β-unsaturated/α-hetero) is 1. The minimum absolute atomic E-state index is 0.118. The predicted octanol–water partition coefficient (Wildman–Crippen LogP) is 6.89. The third-order valence-electron chi connectivity index (χ3n) is 13.6. The molecular weight excluding hydrogens is 983 g/mol. The molecule has 384 valence electrons. The number of halogens is 3. The van der Waals surface area contributed by atoms with Gasteiger partial charge in [-0.1, -0.05) is 81.4 Å². The number of ether oxygens (including phenoxy) is 3. The summed E-state index contributed by atoms with van der Waals surface area (Å²) in [6, 6.07) is 12.6. The Morgan fingerprint density at radius 1 is 0.901 bits per heavy atom. The Morgan fingerprint density at radius 2 is 1.54 bits per heavy atom. The molecule has 3 aromatic rings. The highest BCUT2D eigenvalue weighted by atomic mass is 79.9. The lowest BCUT2D eigenvalue weighted by molar-refractivity contribution is -0.148. The summed E-state index contributed by atoms with van der Waals surface area (Å²) in [7, 11) is 2.39. The van der Waals surface area contributed by atoms with Gasteiger partial charge >= 0.3 is 12.1 Å². The molecule has 2 bridgehead atoms. The van der Waals surface area contributed by atoms with E-state index in [1.165, 1.54) is 19.2 Å². The number of piperazine rings is 1. The smallest absolute Gasteiger partial charge is 0.407 e. The number of carbonyl (C=O) groups is 5. The molecule has 3 amide bonds. The molecule has 2 unspecified atom stereocenters. The summed E-state index contributed by atoms with van der Waals surface area (Å²) >= 11 is 3.10. The number of hydrazine groups is 1. The lowest BCUT2D eigenvalue weighted by Crippen LogP contribution is -2.58. The number of esters is 1. The van der Waals surface area contributed by atoms with Gasteiger partial charge in [-0.3, -0.25) is 24.6 Å². The number of nitrogens with one attached hydrogen (secondary N) is 2. The highest BCUT2D eigenvalue weighted by Gasteiger charge is 2.45. The minimum atomic E-state index is -1.41. The molecule has 71 heavy (non-hydrogen) atoms. The average molecular weight is 1050 g/mol. The summed E-state index contributed by atoms with van der Waals surface area (Å²) in [4.78, 5) is 75.3. The Kier molecular flexibility index (Phi) is 18.4. The van der Waals surface area contributed by atoms with Crippen LogP contribution in [0.25, 0.3) is 0 Å². The number of benzene rings is 2. The molecule has 3 saturated heterocycles. The maximum atomic E-state index is 15.4. The van der Waals surface area contributed by atoms with Crippen LogP contribution in [0.3, 0.4) is 0 Å². The zero-order chi connectivity index (χ0) is 51.8. The number of aromatic nitrogens is 1. The molecule has 3 aliphatic heterocycles. The Labute approximate surface area is 423 Å². The van der Waals surface area contributed by atoms with Gasteiger partial charge in [-0.15, -0.1) is 0 Å². The van der Waals surface area contributed by atoms with Crippen LogP contribution in [0.1, 0.15) is 102 Å². The van der Waals surface area contributed by atoms with Crippen LogP contribution in [-0.4, -0.2) is 120 Å². The summed E-state index contributed by atoms with van der Waals surface area (Å²) in [5.41, 5.74) is 2.92. The molecule has 6 rings (SSSR count). The van der Waals surface area contributed by atoms with Gasteiger partial charge in [0.2, 0.25) is 5.91 Å². The van der Waals surface area contributed by atoms with E-state index in [-0.39, 0.29) is 47.8 Å². The first-order chi connectivity index (χ1) is 33.5. The number of nitrogens with zero attached hydrogens (tertiary/aromatic N) is 4. The third kappa shape index (κ3) is 14.6. The second-order valence-electron chi connectivity index (χ2n) is 20.9. The number of fused-ring (bicyclic) bond motifs is 2. The van der Waals surface area contributed by atoms with Gasteiger partial charge in [-0.2, -0.15) is 0 Å². The maximum Gasteiger partial charge on any atom is 0.407 e. The van der Waals surface area contributed by atoms with E-state index in [1.807, 2.05) is 36.4 Å². The minimum Gasteiger partial charge on any atom is -0.469 e. The van der Waals surface area contributed by atoms with Gasteiger partial charge < -0.3 is 34.4 Å². The van der Waals surface area contributed by atoms with E-state index in [0.29, 0.717) is 30.8 Å². The van der Waals surface area contributed by atoms with E-state index in [9.17, 15) is 29.1 Å². The highest BCUT2D eigenvalue weighted by Crippen LogP contribution is 2.35. The van der Waals surface area contributed by atoms with Crippen molar-refractivity contribution in [1.82, 2.24) is 25.6 Å². The Hall–Kier alpha value is -5.48. The average Bonchev–Trinajstić information content (AvgIpc) is 3.95. The molecule has 15 nitrogen and oxygen atoms in total. The molecular formula is C53H67BrF2N6O9. The molecule has 0 spiro atoms. The monoisotopic (exact) mass is 1050 g/mol. The summed E-state index contributed by atoms with van der Waals surface area (Å²) in [5.74, 6) is 2.00. The van der Waals surface area contributed by atoms with Crippen LogP contribution < -0.4 is 15.6 Å². The number of aliphatic hydroxyl groups excluding tert-OH is 1. The van der Waals surface area contributed by atoms with Crippen molar-refractivity contribution < 1.29 is 52.1 Å². The fourth-order valence-corrected chi connectivity index (χ4v) is 10.0. The van der Waals surface area contributed by atoms with Gasteiger partial charge in [0.05, 0.1) is 38.7 Å². The fraction of sp³-hybridized carbons (Fsp3) is 0.547. The van der Waals surface area contributed by atoms with Gasteiger partial charge in [0, 0.05) is 78.7 Å². The number of hydrogen-bond donors (Lipinski definition) is 3. The van der Waals surface area contributed by atoms with Gasteiger partial charge in [-0.25, -0.2) is 23.6 Å². The molecule has 3 fully saturated rings. The van der Waals surface area contributed by atoms with Crippen LogP contribution in [0.2, 0.25) is 0 Å². The molecule has 2 aromatic carbocycles. The predicted molar refractivity (Wildman–Crippen MR) is 265 cm³/mol. The number of rotatable bonds is 17. The number of ketones is 1. The SMILES string of the molecule is COC(=O)C[C@H](C(=O)NN(Cc1c(F)cc(Br)cc1F)C[C@H](O)[C@@H](CC(=O)[C@@H](NC(=O)OC)C(C)(C)C)Cc1ccc(C#Cc2ccc(N3CC4CCC(C3)N4C(=O)[C@@H]3CCCO3)nc2)cc1)C(C)(C)C. The van der Waals surface area contributed by atoms with Gasteiger partial charge in [0.15, 0.2) is 5.78 Å². The standard InChI is InChI=1S/C53H67BrF2N6O9/c1-52(2,3)40(26-47(65)69-7)49(66)59-61(30-39-41(55)24-36(54)25-42(39)56)31-44(64)35(23-43(63)48(53(4,5)6)58-51(68)70-8)22-33-14-11-32(12-15-33)13-16-34-17-20-46(57-27-34)60-28-37-18-19-38(29-60)62(37)50(67)45-10-9-21-71-45/h11-12,14-15,17,20,24-25,27,35,37-38,40,44-45,48,64H,9-10,18-19,21-23,26,28-31H2,1-8H3,(H,58,68)(H,59,66)/t35-,37?,38?,40-,44+,45+,48-/m1/s1. The molecule has 1 aromatic heterocycles. The zero-order valence-electron chi connectivity index (χ0n) is 41.9. The molecule has 0 saturated carbocycles. The van der Waals surface area contributed by atoms with Crippen molar-refractivity contribution in [2.45, 2.75) is 123 Å². The van der Waals surface area contributed by atoms with Gasteiger partial charge in [0.1, 0.15) is 23.6 Å². The number of amides is 3. The van der Waals surface area contributed by atoms with Crippen LogP contribution in [0, 0.1) is 46.1 Å². The van der Waals surface area contributed by atoms with E-state index in [4.69, 9.17) is 19.2 Å². The first-order valence-corrected chi connectivity index (χ1v) is 24.9. The molecule has 4 heterocycles. The summed E-state index contributed by atoms with van der Waals surface area (Å²) in [6.07, 6.45) is 2.42. The fourth-order valence-electron chi connectivity index (χ4n) is 9.60. The Bertz CT molecular complexity index is 2410. The van der Waals surface area contributed by atoms with Gasteiger partial charge in [0.25, 0.3) is 5.91 Å². The van der Waals surface area contributed by atoms with Crippen LogP contribution in [0.15, 0.2) is 59.2 Å². The molecule has 18 heteroatoms. The first kappa shape index (κ1) is 54.8. The summed E-state index contributed by atoms with van der Waals surface area (Å²) < 4.78 is 46.3. The van der Waals surface area contributed by atoms with Crippen molar-refractivity contribution >= 4 is 51.4 Å². The third-order valence-corrected chi connectivity index (χ3v) is 14.0. The molecule has 0 radical (unpaired) electrons. The van der Waals surface area contributed by atoms with Crippen molar-refractivity contribution in [2.75, 3.05) is 45.4 Å². The number of aliphatic hydroxyl groups is 1. The van der Waals surface area contributed by atoms with Gasteiger partial charge in [-0.05, 0) is 90.8 Å². The number of hydrogen-bond acceptors (Lipinski definition) is 12. The van der Waals surface area contributed by atoms with E-state index >= 15 is 8.78 Å². The van der Waals surface area contributed by atoms with Crippen molar-refractivity contribution in [3.8, 4) is 11.8 Å². The van der Waals surface area contributed by atoms with Crippen LogP contribution in [0.5, 0.6) is 0 Å². The number of carbonyl (C=O) groups excluding carboxylic acids is 5. The van der Waals surface area contributed by atoms with Crippen molar-refractivity contribution in [1.29, 1.82) is 0 Å². The maximum absolute atomic E-state index is 15.4. The topological polar surface area (TPSA) is 180 Å². The molecule has 3 N–H and O–H groups in total. The van der Waals surface area contributed by atoms with Crippen molar-refractivity contribution in [2.24, 2.45) is 22.7 Å². The van der Waals surface area contributed by atoms with E-state index in [2.05, 4.69) is 48.3 Å². The van der Waals surface area contributed by atoms with Crippen LogP contribution in [-0.2, 0) is 46.4 Å². The number of methoxy groups -OCH3 is 2. The van der Waals surface area contributed by atoms with E-state index < -0.39 is 88.9 Å². The largest absolute Gasteiger partial charge is 0.469 e. The van der Waals surface area contributed by atoms with Crippen molar-refractivity contribution in [3.63, 3.8) is 0 Å². The van der Waals surface area contributed by atoms with E-state index in [1.54, 1.807) is 47.7 Å². The number of alkyl carbamates (subject to hydrolysis) is 1. The first-order valence-electron chi connectivity index (χ1n) is 24.1. The lowest BCUT2D eigenvalue weighted by atomic mass is 9.78.